The molecule has 1 heterocycles. The molecule has 0 bridgehead atoms. The van der Waals surface area contributed by atoms with Crippen molar-refractivity contribution in [1.82, 2.24) is 15.0 Å². The van der Waals surface area contributed by atoms with Crippen LogP contribution in [0.2, 0.25) is 0 Å². The molecule has 1 aliphatic carbocycles. The molecule has 0 aliphatic heterocycles. The summed E-state index contributed by atoms with van der Waals surface area (Å²) in [6.07, 6.45) is 3.71. The van der Waals surface area contributed by atoms with E-state index in [2.05, 4.69) is 102 Å². The Hall–Kier alpha value is -3.86. The Morgan fingerprint density at radius 3 is 2.04 bits per heavy atom. The second-order valence-electron chi connectivity index (χ2n) is 12.4. The van der Waals surface area contributed by atoms with E-state index in [0.717, 1.165) is 43.5 Å². The van der Waals surface area contributed by atoms with Gasteiger partial charge in [0.05, 0.1) is 0 Å². The number of nitrogens with zero attached hydrogens (tertiary/aromatic N) is 3. The summed E-state index contributed by atoms with van der Waals surface area (Å²) in [4.78, 5) is 31.6. The van der Waals surface area contributed by atoms with Crippen molar-refractivity contribution in [2.24, 2.45) is 11.8 Å². The molecule has 3 aromatic carbocycles. The molecule has 8 nitrogen and oxygen atoms in total. The van der Waals surface area contributed by atoms with Gasteiger partial charge in [0.15, 0.2) is 0 Å². The second-order valence-corrected chi connectivity index (χ2v) is 21.8. The number of nitrogens with one attached hydrogen (secondary N) is 4. The van der Waals surface area contributed by atoms with Crippen LogP contribution in [-0.2, 0) is 17.9 Å². The Balaban J connectivity index is 1.17. The minimum atomic E-state index is -2.03. The summed E-state index contributed by atoms with van der Waals surface area (Å²) < 4.78 is 5.70. The molecule has 4 aromatic rings. The number of carbonyl (C=O) groups excluding carboxylic acids is 1. The average molecular weight is 720 g/mol. The summed E-state index contributed by atoms with van der Waals surface area (Å²) in [6, 6.07) is 24.8. The Morgan fingerprint density at radius 2 is 1.40 bits per heavy atom. The number of hydrogen-bond donors (Lipinski definition) is 4. The molecular formula is C36H46IN7O. The van der Waals surface area contributed by atoms with Crippen molar-refractivity contribution in [1.29, 1.82) is 0 Å². The van der Waals surface area contributed by atoms with Crippen LogP contribution in [0.1, 0.15) is 47.9 Å². The van der Waals surface area contributed by atoms with E-state index in [9.17, 15) is 4.79 Å². The van der Waals surface area contributed by atoms with E-state index in [1.807, 2.05) is 30.3 Å². The van der Waals surface area contributed by atoms with Crippen molar-refractivity contribution in [3.05, 3.63) is 98.6 Å². The average Bonchev–Trinajstić information content (AvgIpc) is 3.04. The fourth-order valence-electron chi connectivity index (χ4n) is 5.55. The van der Waals surface area contributed by atoms with Crippen LogP contribution in [0.4, 0.5) is 23.5 Å². The Kier molecular flexibility index (Phi) is 10.8. The van der Waals surface area contributed by atoms with Crippen molar-refractivity contribution < 1.29 is 4.79 Å². The first kappa shape index (κ1) is 32.5. The molecule has 1 aromatic heterocycles. The molecule has 9 heteroatoms. The molecule has 1 saturated carbocycles. The third-order valence-corrected chi connectivity index (χ3v) is 12.6. The van der Waals surface area contributed by atoms with E-state index in [1.54, 1.807) is 0 Å². The van der Waals surface area contributed by atoms with Gasteiger partial charge in [0, 0.05) is 13.1 Å². The molecule has 45 heavy (non-hydrogen) atoms. The molecule has 1 aliphatic rings. The van der Waals surface area contributed by atoms with Gasteiger partial charge in [-0.05, 0) is 36.1 Å². The van der Waals surface area contributed by atoms with Gasteiger partial charge in [-0.3, -0.25) is 0 Å². The van der Waals surface area contributed by atoms with Crippen molar-refractivity contribution >= 4 is 51.9 Å². The molecule has 238 valence electrons. The SMILES string of the molecule is C=I(C)(C)c1ccc(NC(=O)C2CCC(CNc3nc(NCc4ccccc4)nc(NCc4cccc(C)c4C)n3)CC2)cc1. The zero-order chi connectivity index (χ0) is 31.8. The van der Waals surface area contributed by atoms with Crippen LogP contribution in [0, 0.1) is 29.3 Å². The number of rotatable bonds is 12. The summed E-state index contributed by atoms with van der Waals surface area (Å²) in [7, 11) is 0. The maximum atomic E-state index is 13.0. The monoisotopic (exact) mass is 719 g/mol. The number of amides is 1. The number of halogens is 1. The van der Waals surface area contributed by atoms with E-state index in [1.165, 1.54) is 20.3 Å². The van der Waals surface area contributed by atoms with E-state index >= 15 is 0 Å². The van der Waals surface area contributed by atoms with Crippen LogP contribution in [0.5, 0.6) is 0 Å². The Labute approximate surface area is 271 Å². The second kappa shape index (κ2) is 14.9. The van der Waals surface area contributed by atoms with Gasteiger partial charge in [-0.1, -0.05) is 48.5 Å². The summed E-state index contributed by atoms with van der Waals surface area (Å²) in [6.45, 7) is 6.26. The van der Waals surface area contributed by atoms with Crippen LogP contribution in [0.25, 0.3) is 0 Å². The number of aryl methyl sites for hydroxylation is 1. The summed E-state index contributed by atoms with van der Waals surface area (Å²) in [5, 5.41) is 13.4. The van der Waals surface area contributed by atoms with Crippen molar-refractivity contribution in [3.63, 3.8) is 0 Å². The third kappa shape index (κ3) is 9.32. The number of hydrogen-bond acceptors (Lipinski definition) is 7. The van der Waals surface area contributed by atoms with Gasteiger partial charge in [0.2, 0.25) is 17.8 Å². The van der Waals surface area contributed by atoms with Crippen LogP contribution >= 0.6 is 18.0 Å². The van der Waals surface area contributed by atoms with E-state index < -0.39 is 18.0 Å². The quantitative estimate of drug-likeness (QED) is 0.0890. The molecule has 0 atom stereocenters. The number of carbonyl (C=O) groups is 1. The summed E-state index contributed by atoms with van der Waals surface area (Å²) in [5.41, 5.74) is 5.76. The summed E-state index contributed by atoms with van der Waals surface area (Å²) in [5.74, 6) is 2.20. The van der Waals surface area contributed by atoms with Crippen LogP contribution in [0.15, 0.2) is 72.8 Å². The van der Waals surface area contributed by atoms with E-state index in [0.29, 0.717) is 36.9 Å². The molecule has 1 fully saturated rings. The maximum absolute atomic E-state index is 13.0. The van der Waals surface area contributed by atoms with Gasteiger partial charge in [-0.2, -0.15) is 15.0 Å². The first-order valence-electron chi connectivity index (χ1n) is 15.6. The molecule has 1 amide bonds. The molecule has 5 rings (SSSR count). The topological polar surface area (TPSA) is 104 Å². The number of anilines is 4. The number of aromatic nitrogens is 3. The first-order chi connectivity index (χ1) is 21.6. The number of benzene rings is 3. The van der Waals surface area contributed by atoms with Gasteiger partial charge in [0.25, 0.3) is 0 Å². The van der Waals surface area contributed by atoms with Crippen LogP contribution in [-0.4, -0.2) is 41.8 Å². The normalized spacial score (nSPS) is 16.9. The predicted octanol–water partition coefficient (Wildman–Crippen LogP) is 7.47. The van der Waals surface area contributed by atoms with Gasteiger partial charge in [-0.15, -0.1) is 0 Å². The molecule has 4 N–H and O–H groups in total. The van der Waals surface area contributed by atoms with Crippen LogP contribution in [0.3, 0.4) is 0 Å². The van der Waals surface area contributed by atoms with Crippen molar-refractivity contribution in [2.45, 2.75) is 52.6 Å². The standard InChI is InChI=1S/C36H46IN7O/c1-25-10-9-13-30(26(25)2)24-40-36-43-34(38-22-27-11-7-6-8-12-27)42-35(44-36)39-23-28-14-16-29(17-15-28)33(45)41-32-20-18-31(19-21-32)37(3,4)5/h6-13,18-21,28-29H,3,14-17,22-24H2,1-2,4-5H3,(H,41,45)(H3,38,39,40,42,43,44). The molecular weight excluding hydrogens is 673 g/mol. The van der Waals surface area contributed by atoms with Crippen molar-refractivity contribution in [3.8, 4) is 0 Å². The zero-order valence-corrected chi connectivity index (χ0v) is 29.0. The molecule has 0 radical (unpaired) electrons. The molecule has 0 unspecified atom stereocenters. The molecule has 0 saturated heterocycles. The van der Waals surface area contributed by atoms with E-state index in [4.69, 9.17) is 4.98 Å². The Morgan fingerprint density at radius 1 is 0.778 bits per heavy atom. The van der Waals surface area contributed by atoms with Gasteiger partial charge in [0.1, 0.15) is 0 Å². The van der Waals surface area contributed by atoms with Gasteiger partial charge in [-0.25, -0.2) is 0 Å². The molecule has 0 spiro atoms. The van der Waals surface area contributed by atoms with Crippen LogP contribution < -0.4 is 21.3 Å². The predicted molar refractivity (Wildman–Crippen MR) is 198 cm³/mol. The minimum absolute atomic E-state index is 0.0363. The number of alkyl halides is 2. The fourth-order valence-corrected chi connectivity index (χ4v) is 7.86. The van der Waals surface area contributed by atoms with E-state index in [-0.39, 0.29) is 11.8 Å². The zero-order valence-electron chi connectivity index (χ0n) is 26.9. The third-order valence-electron chi connectivity index (χ3n) is 8.55. The van der Waals surface area contributed by atoms with Crippen molar-refractivity contribution in [2.75, 3.05) is 37.7 Å². The van der Waals surface area contributed by atoms with Gasteiger partial charge >= 0.3 is 131 Å². The summed E-state index contributed by atoms with van der Waals surface area (Å²) >= 11 is -2.03. The van der Waals surface area contributed by atoms with Gasteiger partial charge < -0.3 is 10.6 Å². The Bertz CT molecular complexity index is 1630. The first-order valence-corrected chi connectivity index (χ1v) is 22.5. The fraction of sp³-hybridized carbons (Fsp3) is 0.361.